The molecule has 31 heavy (non-hydrogen) atoms. The van der Waals surface area contributed by atoms with Crippen molar-refractivity contribution in [3.8, 4) is 5.75 Å². The van der Waals surface area contributed by atoms with E-state index in [2.05, 4.69) is 20.3 Å². The Hall–Kier alpha value is -2.14. The molecule has 3 rings (SSSR count). The van der Waals surface area contributed by atoms with E-state index in [4.69, 9.17) is 4.74 Å². The zero-order valence-electron chi connectivity index (χ0n) is 17.3. The summed E-state index contributed by atoms with van der Waals surface area (Å²) in [6.07, 6.45) is -1.50. The lowest BCUT2D eigenvalue weighted by molar-refractivity contribution is -0.212. The standard InChI is InChI=1S/C20H22F3N3O3S2/c1-19(2,15-9-16(29-26-15)20(21,22)23)25-17(27)18(31-4)28-12-5-6-14-11(7-12)8-13(30-3)10-24-14/h5-8,10,16,18H,9H2,1-4H3,(H,25,27). The minimum absolute atomic E-state index is 0.115. The maximum absolute atomic E-state index is 12.9. The lowest BCUT2D eigenvalue weighted by Crippen LogP contribution is -2.53. The number of pyridine rings is 1. The number of hydrogen-bond donors (Lipinski definition) is 1. The number of benzene rings is 1. The number of nitrogens with zero attached hydrogens (tertiary/aromatic N) is 2. The van der Waals surface area contributed by atoms with Crippen molar-refractivity contribution in [3.63, 3.8) is 0 Å². The van der Waals surface area contributed by atoms with E-state index in [1.165, 1.54) is 11.8 Å². The van der Waals surface area contributed by atoms with Crippen LogP contribution in [0, 0.1) is 0 Å². The van der Waals surface area contributed by atoms with Gasteiger partial charge < -0.3 is 14.9 Å². The van der Waals surface area contributed by atoms with Crippen LogP contribution in [-0.2, 0) is 9.63 Å². The molecule has 0 saturated heterocycles. The fourth-order valence-corrected chi connectivity index (χ4v) is 3.85. The van der Waals surface area contributed by atoms with Crippen LogP contribution in [0.2, 0.25) is 0 Å². The number of halogens is 3. The minimum atomic E-state index is -4.52. The number of alkyl halides is 3. The van der Waals surface area contributed by atoms with Gasteiger partial charge in [-0.05, 0) is 50.6 Å². The van der Waals surface area contributed by atoms with E-state index >= 15 is 0 Å². The van der Waals surface area contributed by atoms with Gasteiger partial charge in [-0.15, -0.1) is 23.5 Å². The average Bonchev–Trinajstić information content (AvgIpc) is 3.23. The summed E-state index contributed by atoms with van der Waals surface area (Å²) in [5.74, 6) is 0.00489. The third-order valence-electron chi connectivity index (χ3n) is 4.73. The van der Waals surface area contributed by atoms with Crippen LogP contribution in [0.15, 0.2) is 40.5 Å². The van der Waals surface area contributed by atoms with Gasteiger partial charge in [-0.2, -0.15) is 13.2 Å². The number of fused-ring (bicyclic) bond motifs is 1. The van der Waals surface area contributed by atoms with Gasteiger partial charge >= 0.3 is 6.18 Å². The predicted molar refractivity (Wildman–Crippen MR) is 117 cm³/mol. The number of oxime groups is 1. The molecule has 168 valence electrons. The first-order valence-electron chi connectivity index (χ1n) is 9.28. The summed E-state index contributed by atoms with van der Waals surface area (Å²) < 4.78 is 44.4. The molecular weight excluding hydrogens is 451 g/mol. The van der Waals surface area contributed by atoms with Gasteiger partial charge in [0, 0.05) is 22.9 Å². The van der Waals surface area contributed by atoms with Crippen molar-refractivity contribution >= 4 is 46.0 Å². The highest BCUT2D eigenvalue weighted by Crippen LogP contribution is 2.32. The first-order chi connectivity index (χ1) is 14.5. The number of carbonyl (C=O) groups is 1. The van der Waals surface area contributed by atoms with Crippen molar-refractivity contribution in [3.05, 3.63) is 30.5 Å². The van der Waals surface area contributed by atoms with Gasteiger partial charge in [0.25, 0.3) is 5.91 Å². The quantitative estimate of drug-likeness (QED) is 0.467. The Bertz CT molecular complexity index is 999. The Morgan fingerprint density at radius 2 is 2.03 bits per heavy atom. The Morgan fingerprint density at radius 3 is 2.65 bits per heavy atom. The van der Waals surface area contributed by atoms with E-state index in [9.17, 15) is 18.0 Å². The van der Waals surface area contributed by atoms with Crippen LogP contribution < -0.4 is 10.1 Å². The van der Waals surface area contributed by atoms with Crippen LogP contribution in [0.1, 0.15) is 20.3 Å². The van der Waals surface area contributed by atoms with Crippen molar-refractivity contribution in [2.45, 2.75) is 48.4 Å². The van der Waals surface area contributed by atoms with E-state index in [0.717, 1.165) is 15.8 Å². The zero-order valence-corrected chi connectivity index (χ0v) is 19.0. The number of thioether (sulfide) groups is 2. The Kier molecular flexibility index (Phi) is 6.95. The van der Waals surface area contributed by atoms with Gasteiger partial charge in [-0.1, -0.05) is 5.16 Å². The van der Waals surface area contributed by atoms with Gasteiger partial charge in [0.15, 0.2) is 0 Å². The Labute approximate surface area is 186 Å². The van der Waals surface area contributed by atoms with Gasteiger partial charge in [0.05, 0.1) is 16.8 Å². The lowest BCUT2D eigenvalue weighted by Gasteiger charge is -2.28. The average molecular weight is 474 g/mol. The van der Waals surface area contributed by atoms with E-state index in [1.54, 1.807) is 56.3 Å². The van der Waals surface area contributed by atoms with Crippen LogP contribution in [0.25, 0.3) is 10.9 Å². The van der Waals surface area contributed by atoms with Crippen molar-refractivity contribution < 1.29 is 27.5 Å². The molecule has 2 aromatic rings. The zero-order chi connectivity index (χ0) is 22.8. The van der Waals surface area contributed by atoms with Crippen LogP contribution in [0.4, 0.5) is 13.2 Å². The number of carbonyl (C=O) groups excluding carboxylic acids is 1. The van der Waals surface area contributed by atoms with E-state index in [1.807, 2.05) is 12.3 Å². The Balaban J connectivity index is 1.69. The van der Waals surface area contributed by atoms with E-state index in [-0.39, 0.29) is 5.71 Å². The molecule has 1 amide bonds. The second-order valence-corrected chi connectivity index (χ2v) is 9.19. The molecule has 11 heteroatoms. The SMILES string of the molecule is CSc1cnc2ccc(OC(SC)C(=O)NC(C)(C)C3=NOC(C(F)(F)F)C3)cc2c1. The molecule has 1 aliphatic heterocycles. The van der Waals surface area contributed by atoms with Gasteiger partial charge in [-0.3, -0.25) is 9.78 Å². The maximum Gasteiger partial charge on any atom is 0.428 e. The summed E-state index contributed by atoms with van der Waals surface area (Å²) in [6.45, 7) is 3.16. The molecule has 0 radical (unpaired) electrons. The molecule has 2 heterocycles. The minimum Gasteiger partial charge on any atom is -0.470 e. The second kappa shape index (κ2) is 9.15. The van der Waals surface area contributed by atoms with Crippen LogP contribution in [0.3, 0.4) is 0 Å². The van der Waals surface area contributed by atoms with E-state index in [0.29, 0.717) is 5.75 Å². The summed E-state index contributed by atoms with van der Waals surface area (Å²) in [6, 6.07) is 7.30. The first kappa shape index (κ1) is 23.5. The highest BCUT2D eigenvalue weighted by Gasteiger charge is 2.48. The van der Waals surface area contributed by atoms with Crippen molar-refractivity contribution in [1.29, 1.82) is 0 Å². The number of hydrogen-bond acceptors (Lipinski definition) is 7. The van der Waals surface area contributed by atoms with Crippen molar-refractivity contribution in [1.82, 2.24) is 10.3 Å². The smallest absolute Gasteiger partial charge is 0.428 e. The normalized spacial score (nSPS) is 17.8. The maximum atomic E-state index is 12.9. The highest BCUT2D eigenvalue weighted by molar-refractivity contribution is 7.99. The summed E-state index contributed by atoms with van der Waals surface area (Å²) in [4.78, 5) is 22.7. The summed E-state index contributed by atoms with van der Waals surface area (Å²) >= 11 is 2.74. The molecule has 1 N–H and O–H groups in total. The second-order valence-electron chi connectivity index (χ2n) is 7.41. The van der Waals surface area contributed by atoms with Crippen LogP contribution in [-0.4, -0.2) is 52.4 Å². The molecule has 2 unspecified atom stereocenters. The fraction of sp³-hybridized carbons (Fsp3) is 0.450. The molecule has 1 aliphatic rings. The number of nitrogens with one attached hydrogen (secondary N) is 1. The third-order valence-corrected chi connectivity index (χ3v) is 6.16. The molecule has 1 aromatic carbocycles. The van der Waals surface area contributed by atoms with Crippen LogP contribution >= 0.6 is 23.5 Å². The topological polar surface area (TPSA) is 72.8 Å². The lowest BCUT2D eigenvalue weighted by atomic mass is 9.94. The van der Waals surface area contributed by atoms with Gasteiger partial charge in [-0.25, -0.2) is 0 Å². The van der Waals surface area contributed by atoms with Crippen LogP contribution in [0.5, 0.6) is 5.75 Å². The van der Waals surface area contributed by atoms with Crippen molar-refractivity contribution in [2.75, 3.05) is 12.5 Å². The predicted octanol–water partition coefficient (Wildman–Crippen LogP) is 4.63. The third kappa shape index (κ3) is 5.57. The number of aromatic nitrogens is 1. The molecule has 0 spiro atoms. The molecule has 6 nitrogen and oxygen atoms in total. The monoisotopic (exact) mass is 473 g/mol. The number of amides is 1. The fourth-order valence-electron chi connectivity index (χ4n) is 2.97. The summed E-state index contributed by atoms with van der Waals surface area (Å²) in [5, 5.41) is 7.15. The summed E-state index contributed by atoms with van der Waals surface area (Å²) in [5.41, 5.74) is -1.12. The number of ether oxygens (including phenoxy) is 1. The molecule has 0 bridgehead atoms. The van der Waals surface area contributed by atoms with Gasteiger partial charge in [0.1, 0.15) is 5.75 Å². The molecule has 1 aromatic heterocycles. The van der Waals surface area contributed by atoms with Crippen molar-refractivity contribution in [2.24, 2.45) is 5.16 Å². The first-order valence-corrected chi connectivity index (χ1v) is 11.8. The molecule has 0 fully saturated rings. The highest BCUT2D eigenvalue weighted by atomic mass is 32.2. The molecular formula is C20H22F3N3O3S2. The van der Waals surface area contributed by atoms with E-state index < -0.39 is 35.6 Å². The molecule has 2 atom stereocenters. The number of rotatable bonds is 7. The largest absolute Gasteiger partial charge is 0.470 e. The molecule has 0 saturated carbocycles. The van der Waals surface area contributed by atoms with Gasteiger partial charge in [0.2, 0.25) is 11.5 Å². The Morgan fingerprint density at radius 1 is 1.29 bits per heavy atom. The summed E-state index contributed by atoms with van der Waals surface area (Å²) in [7, 11) is 0. The molecule has 0 aliphatic carbocycles.